The lowest BCUT2D eigenvalue weighted by atomic mass is 9.80. The van der Waals surface area contributed by atoms with Crippen LogP contribution in [0.25, 0.3) is 0 Å². The summed E-state index contributed by atoms with van der Waals surface area (Å²) in [5, 5.41) is 0. The summed E-state index contributed by atoms with van der Waals surface area (Å²) >= 11 is 0. The first kappa shape index (κ1) is 36.8. The Hall–Kier alpha value is -5.98. The van der Waals surface area contributed by atoms with Crippen molar-refractivity contribution in [2.45, 2.75) is 44.3 Å². The highest BCUT2D eigenvalue weighted by Crippen LogP contribution is 2.43. The molecule has 1 aliphatic rings. The van der Waals surface area contributed by atoms with Crippen LogP contribution >= 0.6 is 0 Å². The van der Waals surface area contributed by atoms with Crippen molar-refractivity contribution in [2.24, 2.45) is 0 Å². The molecule has 0 saturated carbocycles. The molecule has 274 valence electrons. The molecular formula is C41H40N2O10. The smallest absolute Gasteiger partial charge is 0.340 e. The number of nitrogens with zero attached hydrogens (tertiary/aromatic N) is 2. The number of aromatic nitrogens is 2. The zero-order chi connectivity index (χ0) is 37.7. The van der Waals surface area contributed by atoms with Crippen LogP contribution < -0.4 is 25.5 Å². The Bertz CT molecular complexity index is 2130. The van der Waals surface area contributed by atoms with Gasteiger partial charge in [-0.3, -0.25) is 19.0 Å². The summed E-state index contributed by atoms with van der Waals surface area (Å²) in [5.74, 6) is 0.480. The number of rotatable bonds is 12. The van der Waals surface area contributed by atoms with Gasteiger partial charge in [-0.25, -0.2) is 4.79 Å². The van der Waals surface area contributed by atoms with Crippen molar-refractivity contribution in [1.29, 1.82) is 0 Å². The largest absolute Gasteiger partial charge is 0.497 e. The number of carbonyl (C=O) groups is 2. The molecule has 2 heterocycles. The van der Waals surface area contributed by atoms with Crippen molar-refractivity contribution in [3.63, 3.8) is 0 Å². The Labute approximate surface area is 306 Å². The lowest BCUT2D eigenvalue weighted by Gasteiger charge is -2.37. The maximum atomic E-state index is 13.9. The van der Waals surface area contributed by atoms with Crippen molar-refractivity contribution in [2.75, 3.05) is 27.9 Å². The van der Waals surface area contributed by atoms with E-state index < -0.39 is 47.2 Å². The number of ether oxygens (including phenoxy) is 6. The number of aryl methyl sites for hydroxylation is 1. The molecule has 0 N–H and O–H groups in total. The van der Waals surface area contributed by atoms with E-state index in [4.69, 9.17) is 28.4 Å². The van der Waals surface area contributed by atoms with Crippen LogP contribution in [0.5, 0.6) is 17.2 Å². The third kappa shape index (κ3) is 7.37. The lowest BCUT2D eigenvalue weighted by Crippen LogP contribution is -2.45. The van der Waals surface area contributed by atoms with E-state index >= 15 is 0 Å². The van der Waals surface area contributed by atoms with Crippen molar-refractivity contribution >= 4 is 11.9 Å². The van der Waals surface area contributed by atoms with Crippen LogP contribution in [-0.4, -0.2) is 61.2 Å². The van der Waals surface area contributed by atoms with E-state index in [1.807, 2.05) is 78.9 Å². The van der Waals surface area contributed by atoms with Crippen LogP contribution in [0, 0.1) is 6.92 Å². The van der Waals surface area contributed by atoms with E-state index in [2.05, 4.69) is 0 Å². The van der Waals surface area contributed by atoms with E-state index in [0.29, 0.717) is 21.8 Å². The van der Waals surface area contributed by atoms with Crippen molar-refractivity contribution in [1.82, 2.24) is 9.13 Å². The fourth-order valence-electron chi connectivity index (χ4n) is 6.59. The molecular weight excluding hydrogens is 680 g/mol. The third-order valence-electron chi connectivity index (χ3n) is 9.27. The summed E-state index contributed by atoms with van der Waals surface area (Å²) in [6.45, 7) is 2.70. The molecule has 0 radical (unpaired) electrons. The summed E-state index contributed by atoms with van der Waals surface area (Å²) < 4.78 is 37.1. The molecule has 53 heavy (non-hydrogen) atoms. The fraction of sp³-hybridized carbons (Fsp3) is 0.268. The van der Waals surface area contributed by atoms with Crippen LogP contribution in [0.3, 0.4) is 0 Å². The van der Waals surface area contributed by atoms with E-state index in [1.54, 1.807) is 26.4 Å². The summed E-state index contributed by atoms with van der Waals surface area (Å²) in [4.78, 5) is 53.1. The topological polar surface area (TPSA) is 134 Å². The molecule has 12 heteroatoms. The molecule has 4 aromatic carbocycles. The van der Waals surface area contributed by atoms with Crippen LogP contribution in [-0.2, 0) is 24.6 Å². The van der Waals surface area contributed by atoms with Gasteiger partial charge in [0.15, 0.2) is 0 Å². The Morgan fingerprint density at radius 2 is 1.26 bits per heavy atom. The number of hydrogen-bond acceptors (Lipinski definition) is 10. The summed E-state index contributed by atoms with van der Waals surface area (Å²) in [5.41, 5.74) is -0.224. The third-order valence-corrected chi connectivity index (χ3v) is 9.27. The maximum Gasteiger partial charge on any atom is 0.340 e. The highest BCUT2D eigenvalue weighted by atomic mass is 16.6. The summed E-state index contributed by atoms with van der Waals surface area (Å²) in [6, 6.07) is 30.8. The highest BCUT2D eigenvalue weighted by Gasteiger charge is 2.44. The molecule has 6 rings (SSSR count). The molecule has 0 unspecified atom stereocenters. The molecule has 5 aromatic rings. The number of carbonyl (C=O) groups excluding carboxylic acids is 2. The number of hydrogen-bond donors (Lipinski definition) is 0. The Morgan fingerprint density at radius 3 is 1.77 bits per heavy atom. The van der Waals surface area contributed by atoms with Gasteiger partial charge in [0.2, 0.25) is 0 Å². The average Bonchev–Trinajstić information content (AvgIpc) is 3.58. The van der Waals surface area contributed by atoms with E-state index in [9.17, 15) is 19.2 Å². The average molecular weight is 721 g/mol. The molecule has 0 amide bonds. The van der Waals surface area contributed by atoms with Crippen molar-refractivity contribution in [3.05, 3.63) is 158 Å². The van der Waals surface area contributed by atoms with Gasteiger partial charge in [0.05, 0.1) is 27.9 Å². The van der Waals surface area contributed by atoms with Crippen LogP contribution in [0.15, 0.2) is 119 Å². The normalized spacial score (nSPS) is 16.9. The second-order valence-electron chi connectivity index (χ2n) is 12.5. The number of methoxy groups -OCH3 is 3. The second-order valence-corrected chi connectivity index (χ2v) is 12.5. The molecule has 12 nitrogen and oxygen atoms in total. The number of esters is 1. The molecule has 1 saturated heterocycles. The Kier molecular flexibility index (Phi) is 10.9. The van der Waals surface area contributed by atoms with E-state index in [1.165, 1.54) is 43.9 Å². The minimum atomic E-state index is -1.20. The van der Waals surface area contributed by atoms with Crippen LogP contribution in [0.1, 0.15) is 52.2 Å². The van der Waals surface area contributed by atoms with E-state index in [-0.39, 0.29) is 24.2 Å². The molecule has 3 atom stereocenters. The SMILES string of the molecule is COc1ccc(C(=O)n2c(=O)c(C)cn([C@@H]3C[C@H](OC(C)=O)[C@H](COC(c4ccccc4)(c4ccc(OC)cc4)c4ccc(OC)cc4)O3)c2=O)cc1. The first-order chi connectivity index (χ1) is 25.6. The molecule has 1 fully saturated rings. The molecule has 0 bridgehead atoms. The van der Waals surface area contributed by atoms with Gasteiger partial charge in [-0.15, -0.1) is 0 Å². The van der Waals surface area contributed by atoms with Gasteiger partial charge < -0.3 is 28.4 Å². The molecule has 1 aliphatic heterocycles. The lowest BCUT2D eigenvalue weighted by molar-refractivity contribution is -0.153. The molecule has 0 spiro atoms. The minimum absolute atomic E-state index is 0.0469. The van der Waals surface area contributed by atoms with Crippen LogP contribution in [0.2, 0.25) is 0 Å². The van der Waals surface area contributed by atoms with Gasteiger partial charge in [-0.2, -0.15) is 4.57 Å². The standard InChI is InChI=1S/C41H40N2O10/c1-26-24-42(40(47)43(38(26)45)39(46)28-11-17-32(48-3)18-12-28)37-23-35(52-27(2)44)36(53-37)25-51-41(29-9-7-6-8-10-29,30-13-19-33(49-4)20-14-30)31-15-21-34(50-5)22-16-31/h6-22,24,35-37H,23,25H2,1-5H3/t35-,36-,37-/m0/s1. The minimum Gasteiger partial charge on any atom is -0.497 e. The zero-order valence-corrected chi connectivity index (χ0v) is 30.0. The first-order valence-corrected chi connectivity index (χ1v) is 16.9. The monoisotopic (exact) mass is 720 g/mol. The zero-order valence-electron chi connectivity index (χ0n) is 30.0. The second kappa shape index (κ2) is 15.7. The van der Waals surface area contributed by atoms with E-state index in [0.717, 1.165) is 16.7 Å². The first-order valence-electron chi connectivity index (χ1n) is 16.9. The quantitative estimate of drug-likeness (QED) is 0.124. The van der Waals surface area contributed by atoms with Gasteiger partial charge in [0, 0.05) is 30.7 Å². The fourth-order valence-corrected chi connectivity index (χ4v) is 6.59. The van der Waals surface area contributed by atoms with Gasteiger partial charge in [-0.05, 0) is 72.1 Å². The number of benzene rings is 4. The maximum absolute atomic E-state index is 13.9. The Balaban J connectivity index is 1.39. The van der Waals surface area contributed by atoms with Gasteiger partial charge in [0.25, 0.3) is 11.5 Å². The Morgan fingerprint density at radius 1 is 0.755 bits per heavy atom. The summed E-state index contributed by atoms with van der Waals surface area (Å²) in [6.07, 6.45) is -1.33. The predicted octanol–water partition coefficient (Wildman–Crippen LogP) is 5.26. The van der Waals surface area contributed by atoms with Crippen molar-refractivity contribution in [3.8, 4) is 17.2 Å². The summed E-state index contributed by atoms with van der Waals surface area (Å²) in [7, 11) is 4.68. The highest BCUT2D eigenvalue weighted by molar-refractivity contribution is 5.95. The molecule has 1 aromatic heterocycles. The van der Waals surface area contributed by atoms with Gasteiger partial charge in [0.1, 0.15) is 41.3 Å². The molecule has 0 aliphatic carbocycles. The van der Waals surface area contributed by atoms with Gasteiger partial charge in [-0.1, -0.05) is 54.6 Å². The van der Waals surface area contributed by atoms with Crippen LogP contribution in [0.4, 0.5) is 0 Å². The van der Waals surface area contributed by atoms with Gasteiger partial charge >= 0.3 is 11.7 Å². The van der Waals surface area contributed by atoms with Crippen molar-refractivity contribution < 1.29 is 38.0 Å². The predicted molar refractivity (Wildman–Crippen MR) is 195 cm³/mol.